The SMILES string of the molecule is C=CCC(NC(=O)c1ccon1)C(=O)O. The molecule has 1 amide bonds. The Morgan fingerprint density at radius 3 is 2.93 bits per heavy atom. The number of amides is 1. The van der Waals surface area contributed by atoms with Crippen LogP contribution in [-0.4, -0.2) is 28.2 Å². The van der Waals surface area contributed by atoms with E-state index in [9.17, 15) is 9.59 Å². The lowest BCUT2D eigenvalue weighted by Gasteiger charge is -2.10. The molecule has 0 radical (unpaired) electrons. The highest BCUT2D eigenvalue weighted by Crippen LogP contribution is 1.98. The summed E-state index contributed by atoms with van der Waals surface area (Å²) < 4.78 is 4.46. The van der Waals surface area contributed by atoms with Gasteiger partial charge in [0.15, 0.2) is 5.69 Å². The first-order chi connectivity index (χ1) is 7.15. The van der Waals surface area contributed by atoms with E-state index in [0.717, 1.165) is 0 Å². The normalized spacial score (nSPS) is 11.7. The van der Waals surface area contributed by atoms with Crippen molar-refractivity contribution in [2.45, 2.75) is 12.5 Å². The Balaban J connectivity index is 2.62. The lowest BCUT2D eigenvalue weighted by Crippen LogP contribution is -2.40. The van der Waals surface area contributed by atoms with Crippen LogP contribution in [0.2, 0.25) is 0 Å². The zero-order chi connectivity index (χ0) is 11.3. The predicted octanol–water partition coefficient (Wildman–Crippen LogP) is 0.434. The molecule has 1 aromatic heterocycles. The Kier molecular flexibility index (Phi) is 3.61. The molecule has 1 rings (SSSR count). The second-order valence-electron chi connectivity index (χ2n) is 2.77. The van der Waals surface area contributed by atoms with Crippen molar-refractivity contribution in [1.82, 2.24) is 10.5 Å². The van der Waals surface area contributed by atoms with Crippen molar-refractivity contribution >= 4 is 11.9 Å². The minimum atomic E-state index is -1.12. The number of rotatable bonds is 5. The summed E-state index contributed by atoms with van der Waals surface area (Å²) in [4.78, 5) is 22.1. The highest BCUT2D eigenvalue weighted by atomic mass is 16.5. The molecule has 0 fully saturated rings. The van der Waals surface area contributed by atoms with Gasteiger partial charge in [-0.15, -0.1) is 6.58 Å². The number of aliphatic carboxylic acids is 1. The van der Waals surface area contributed by atoms with Crippen LogP contribution in [0, 0.1) is 0 Å². The number of hydrogen-bond acceptors (Lipinski definition) is 4. The molecule has 0 aromatic carbocycles. The Morgan fingerprint density at radius 2 is 2.47 bits per heavy atom. The van der Waals surface area contributed by atoms with Crippen LogP contribution in [0.1, 0.15) is 16.9 Å². The maximum atomic E-state index is 11.4. The van der Waals surface area contributed by atoms with E-state index >= 15 is 0 Å². The molecule has 6 heteroatoms. The van der Waals surface area contributed by atoms with Gasteiger partial charge in [0.1, 0.15) is 12.3 Å². The van der Waals surface area contributed by atoms with Crippen molar-refractivity contribution in [3.63, 3.8) is 0 Å². The fraction of sp³-hybridized carbons (Fsp3) is 0.222. The van der Waals surface area contributed by atoms with Gasteiger partial charge in [-0.1, -0.05) is 11.2 Å². The lowest BCUT2D eigenvalue weighted by molar-refractivity contribution is -0.139. The summed E-state index contributed by atoms with van der Waals surface area (Å²) in [6.45, 7) is 3.40. The first-order valence-electron chi connectivity index (χ1n) is 4.20. The third-order valence-electron chi connectivity index (χ3n) is 1.68. The molecule has 0 aliphatic heterocycles. The molecule has 1 unspecified atom stereocenters. The molecular formula is C9H10N2O4. The highest BCUT2D eigenvalue weighted by Gasteiger charge is 2.20. The largest absolute Gasteiger partial charge is 0.480 e. The number of carbonyl (C=O) groups excluding carboxylic acids is 1. The molecule has 2 N–H and O–H groups in total. The van der Waals surface area contributed by atoms with Gasteiger partial charge in [0.2, 0.25) is 0 Å². The van der Waals surface area contributed by atoms with E-state index in [4.69, 9.17) is 5.11 Å². The number of carbonyl (C=O) groups is 2. The monoisotopic (exact) mass is 210 g/mol. The van der Waals surface area contributed by atoms with Gasteiger partial charge in [0.05, 0.1) is 0 Å². The maximum Gasteiger partial charge on any atom is 0.326 e. The lowest BCUT2D eigenvalue weighted by atomic mass is 10.2. The predicted molar refractivity (Wildman–Crippen MR) is 50.2 cm³/mol. The molecule has 0 aliphatic carbocycles. The third kappa shape index (κ3) is 2.94. The number of nitrogens with one attached hydrogen (secondary N) is 1. The highest BCUT2D eigenvalue weighted by molar-refractivity contribution is 5.94. The standard InChI is InChI=1S/C9H10N2O4/c1-2-3-7(9(13)14)10-8(12)6-4-5-15-11-6/h2,4-5,7H,1,3H2,(H,10,12)(H,13,14). The van der Waals surface area contributed by atoms with E-state index in [1.807, 2.05) is 0 Å². The van der Waals surface area contributed by atoms with Crippen LogP contribution < -0.4 is 5.32 Å². The molecule has 1 aromatic rings. The molecule has 6 nitrogen and oxygen atoms in total. The van der Waals surface area contributed by atoms with Gasteiger partial charge in [-0.2, -0.15) is 0 Å². The molecule has 0 aliphatic rings. The van der Waals surface area contributed by atoms with Gasteiger partial charge in [0, 0.05) is 6.07 Å². The van der Waals surface area contributed by atoms with Crippen LogP contribution >= 0.6 is 0 Å². The zero-order valence-corrected chi connectivity index (χ0v) is 7.84. The van der Waals surface area contributed by atoms with Crippen LogP contribution in [0.25, 0.3) is 0 Å². The summed E-state index contributed by atoms with van der Waals surface area (Å²) in [5, 5.41) is 14.4. The topological polar surface area (TPSA) is 92.4 Å². The molecule has 0 saturated carbocycles. The van der Waals surface area contributed by atoms with Crippen molar-refractivity contribution in [3.8, 4) is 0 Å². The molecule has 1 atom stereocenters. The van der Waals surface area contributed by atoms with E-state index in [0.29, 0.717) is 0 Å². The first kappa shape index (κ1) is 11.0. The quantitative estimate of drug-likeness (QED) is 0.687. The van der Waals surface area contributed by atoms with Gasteiger partial charge in [-0.3, -0.25) is 4.79 Å². The Morgan fingerprint density at radius 1 is 1.73 bits per heavy atom. The van der Waals surface area contributed by atoms with Gasteiger partial charge in [0.25, 0.3) is 5.91 Å². The Labute approximate surface area is 85.6 Å². The van der Waals surface area contributed by atoms with Crippen LogP contribution in [0.3, 0.4) is 0 Å². The number of hydrogen-bond donors (Lipinski definition) is 2. The van der Waals surface area contributed by atoms with Crippen molar-refractivity contribution in [3.05, 3.63) is 30.7 Å². The van der Waals surface area contributed by atoms with Crippen LogP contribution in [0.4, 0.5) is 0 Å². The van der Waals surface area contributed by atoms with Crippen molar-refractivity contribution in [2.75, 3.05) is 0 Å². The molecule has 0 bridgehead atoms. The molecule has 1 heterocycles. The Hall–Kier alpha value is -2.11. The molecule has 0 spiro atoms. The van der Waals surface area contributed by atoms with Crippen molar-refractivity contribution in [1.29, 1.82) is 0 Å². The van der Waals surface area contributed by atoms with E-state index in [1.165, 1.54) is 18.4 Å². The molecule has 0 saturated heterocycles. The fourth-order valence-electron chi connectivity index (χ4n) is 0.950. The van der Waals surface area contributed by atoms with Gasteiger partial charge in [-0.25, -0.2) is 4.79 Å². The van der Waals surface area contributed by atoms with Crippen molar-refractivity contribution in [2.24, 2.45) is 0 Å². The van der Waals surface area contributed by atoms with E-state index in [2.05, 4.69) is 21.6 Å². The first-order valence-corrected chi connectivity index (χ1v) is 4.20. The Bertz CT molecular complexity index is 358. The van der Waals surface area contributed by atoms with E-state index < -0.39 is 17.9 Å². The maximum absolute atomic E-state index is 11.4. The minimum Gasteiger partial charge on any atom is -0.480 e. The van der Waals surface area contributed by atoms with Crippen LogP contribution in [-0.2, 0) is 4.79 Å². The molecular weight excluding hydrogens is 200 g/mol. The van der Waals surface area contributed by atoms with Crippen LogP contribution in [0.5, 0.6) is 0 Å². The second kappa shape index (κ2) is 4.94. The summed E-state index contributed by atoms with van der Waals surface area (Å²) in [7, 11) is 0. The number of carboxylic acid groups (broad SMARTS) is 1. The van der Waals surface area contributed by atoms with Crippen molar-refractivity contribution < 1.29 is 19.2 Å². The smallest absolute Gasteiger partial charge is 0.326 e. The van der Waals surface area contributed by atoms with Crippen LogP contribution in [0.15, 0.2) is 29.5 Å². The fourth-order valence-corrected chi connectivity index (χ4v) is 0.950. The second-order valence-corrected chi connectivity index (χ2v) is 2.77. The summed E-state index contributed by atoms with van der Waals surface area (Å²) >= 11 is 0. The van der Waals surface area contributed by atoms with E-state index in [-0.39, 0.29) is 12.1 Å². The summed E-state index contributed by atoms with van der Waals surface area (Å²) in [6.07, 6.45) is 2.80. The summed E-state index contributed by atoms with van der Waals surface area (Å²) in [5.74, 6) is -1.70. The van der Waals surface area contributed by atoms with E-state index in [1.54, 1.807) is 0 Å². The number of carboxylic acids is 1. The average molecular weight is 210 g/mol. The minimum absolute atomic E-state index is 0.0466. The summed E-state index contributed by atoms with van der Waals surface area (Å²) in [5.41, 5.74) is 0.0466. The average Bonchev–Trinajstić information content (AvgIpc) is 2.69. The number of aromatic nitrogens is 1. The summed E-state index contributed by atoms with van der Waals surface area (Å²) in [6, 6.07) is 0.356. The van der Waals surface area contributed by atoms with Gasteiger partial charge >= 0.3 is 5.97 Å². The van der Waals surface area contributed by atoms with Gasteiger partial charge < -0.3 is 14.9 Å². The zero-order valence-electron chi connectivity index (χ0n) is 7.84. The number of nitrogens with zero attached hydrogens (tertiary/aromatic N) is 1. The third-order valence-corrected chi connectivity index (χ3v) is 1.68. The van der Waals surface area contributed by atoms with Gasteiger partial charge in [-0.05, 0) is 6.42 Å². The molecule has 80 valence electrons. The molecule has 15 heavy (non-hydrogen) atoms.